The van der Waals surface area contributed by atoms with Crippen molar-refractivity contribution in [3.05, 3.63) is 47.9 Å². The van der Waals surface area contributed by atoms with Crippen LogP contribution >= 0.6 is 0 Å². The Morgan fingerprint density at radius 2 is 1.77 bits per heavy atom. The SMILES string of the molecule is CC(=O)N1CCN(Cc2cnc(NC(=O)C(=NOC3CCCC3)c3ccc(S(=O)(=O)C4CC4)cc3)cn2)C[C@@H]1C. The molecule has 2 aromatic rings. The van der Waals surface area contributed by atoms with Gasteiger partial charge in [-0.25, -0.2) is 13.4 Å². The number of oxime groups is 1. The lowest BCUT2D eigenvalue weighted by Crippen LogP contribution is -2.53. The predicted molar refractivity (Wildman–Crippen MR) is 149 cm³/mol. The standard InChI is InChI=1S/C28H36N6O5S/c1-19-17-33(13-14-34(19)20(2)35)18-22-15-30-26(16-29-22)31-28(36)27(32-39-23-5-3-4-6-23)21-7-9-24(10-8-21)40(37,38)25-11-12-25/h7-10,15-16,19,23,25H,3-6,11-14,17-18H2,1-2H3,(H,30,31,36)/t19-/m0/s1. The molecule has 40 heavy (non-hydrogen) atoms. The summed E-state index contributed by atoms with van der Waals surface area (Å²) in [5.74, 6) is -0.167. The third kappa shape index (κ3) is 6.67. The van der Waals surface area contributed by atoms with Gasteiger partial charge in [0, 0.05) is 44.7 Å². The van der Waals surface area contributed by atoms with E-state index in [4.69, 9.17) is 4.84 Å². The molecule has 1 aromatic heterocycles. The van der Waals surface area contributed by atoms with E-state index in [0.29, 0.717) is 31.5 Å². The van der Waals surface area contributed by atoms with Crippen LogP contribution in [0.25, 0.3) is 0 Å². The first kappa shape index (κ1) is 28.2. The van der Waals surface area contributed by atoms with Crippen LogP contribution < -0.4 is 5.32 Å². The zero-order chi connectivity index (χ0) is 28.3. The number of nitrogens with one attached hydrogen (secondary N) is 1. The van der Waals surface area contributed by atoms with Gasteiger partial charge in [-0.2, -0.15) is 0 Å². The van der Waals surface area contributed by atoms with Gasteiger partial charge in [0.2, 0.25) is 5.91 Å². The number of carbonyl (C=O) groups excluding carboxylic acids is 2. The van der Waals surface area contributed by atoms with Gasteiger partial charge in [-0.15, -0.1) is 0 Å². The van der Waals surface area contributed by atoms with Crippen molar-refractivity contribution in [3.63, 3.8) is 0 Å². The Morgan fingerprint density at radius 1 is 1.05 bits per heavy atom. The fourth-order valence-corrected chi connectivity index (χ4v) is 6.93. The molecular weight excluding hydrogens is 532 g/mol. The highest BCUT2D eigenvalue weighted by Crippen LogP contribution is 2.33. The van der Waals surface area contributed by atoms with Crippen LogP contribution in [0.2, 0.25) is 0 Å². The van der Waals surface area contributed by atoms with Crippen LogP contribution in [0.15, 0.2) is 46.7 Å². The number of benzene rings is 1. The lowest BCUT2D eigenvalue weighted by molar-refractivity contribution is -0.133. The van der Waals surface area contributed by atoms with Gasteiger partial charge < -0.3 is 15.1 Å². The maximum absolute atomic E-state index is 13.3. The second-order valence-electron chi connectivity index (χ2n) is 10.9. The molecule has 1 aliphatic heterocycles. The Bertz CT molecular complexity index is 1350. The molecule has 2 amide bonds. The minimum atomic E-state index is -3.34. The third-order valence-corrected chi connectivity index (χ3v) is 9.96. The van der Waals surface area contributed by atoms with E-state index in [-0.39, 0.29) is 39.7 Å². The van der Waals surface area contributed by atoms with E-state index in [2.05, 4.69) is 25.3 Å². The third-order valence-electron chi connectivity index (χ3n) is 7.68. The van der Waals surface area contributed by atoms with Gasteiger partial charge in [0.15, 0.2) is 21.4 Å². The summed E-state index contributed by atoms with van der Waals surface area (Å²) in [6.45, 7) is 6.40. The summed E-state index contributed by atoms with van der Waals surface area (Å²) in [5.41, 5.74) is 1.26. The number of anilines is 1. The largest absolute Gasteiger partial charge is 0.392 e. The topological polar surface area (TPSA) is 134 Å². The van der Waals surface area contributed by atoms with Gasteiger partial charge in [0.25, 0.3) is 5.91 Å². The molecule has 2 heterocycles. The van der Waals surface area contributed by atoms with E-state index in [1.165, 1.54) is 18.3 Å². The number of carbonyl (C=O) groups is 2. The first-order valence-electron chi connectivity index (χ1n) is 13.9. The van der Waals surface area contributed by atoms with Crippen molar-refractivity contribution >= 4 is 33.2 Å². The highest BCUT2D eigenvalue weighted by atomic mass is 32.2. The maximum atomic E-state index is 13.3. The molecule has 2 aliphatic carbocycles. The fraction of sp³-hybridized carbons (Fsp3) is 0.536. The van der Waals surface area contributed by atoms with E-state index in [1.807, 2.05) is 11.8 Å². The number of hydrogen-bond donors (Lipinski definition) is 1. The molecule has 11 nitrogen and oxygen atoms in total. The first-order chi connectivity index (χ1) is 19.2. The van der Waals surface area contributed by atoms with Crippen LogP contribution in [0.5, 0.6) is 0 Å². The van der Waals surface area contributed by atoms with Gasteiger partial charge in [-0.3, -0.25) is 19.5 Å². The van der Waals surface area contributed by atoms with Gasteiger partial charge in [0.05, 0.1) is 28.2 Å². The molecule has 3 fully saturated rings. The van der Waals surface area contributed by atoms with E-state index in [9.17, 15) is 18.0 Å². The minimum Gasteiger partial charge on any atom is -0.392 e. The van der Waals surface area contributed by atoms with E-state index < -0.39 is 15.7 Å². The highest BCUT2D eigenvalue weighted by Gasteiger charge is 2.37. The average molecular weight is 569 g/mol. The number of rotatable bonds is 9. The van der Waals surface area contributed by atoms with Crippen molar-refractivity contribution in [1.82, 2.24) is 19.8 Å². The lowest BCUT2D eigenvalue weighted by atomic mass is 10.1. The summed E-state index contributed by atoms with van der Waals surface area (Å²) < 4.78 is 25.2. The molecule has 0 bridgehead atoms. The lowest BCUT2D eigenvalue weighted by Gasteiger charge is -2.39. The molecule has 1 N–H and O–H groups in total. The van der Waals surface area contributed by atoms with Crippen LogP contribution in [-0.2, 0) is 30.8 Å². The minimum absolute atomic E-state index is 0.0450. The summed E-state index contributed by atoms with van der Waals surface area (Å²) in [5, 5.41) is 6.64. The van der Waals surface area contributed by atoms with Crippen LogP contribution in [0.4, 0.5) is 5.82 Å². The number of piperazine rings is 1. The molecular formula is C28H36N6O5S. The van der Waals surface area contributed by atoms with Crippen molar-refractivity contribution in [2.24, 2.45) is 5.16 Å². The van der Waals surface area contributed by atoms with Crippen LogP contribution in [-0.4, -0.2) is 82.7 Å². The van der Waals surface area contributed by atoms with Crippen molar-refractivity contribution in [3.8, 4) is 0 Å². The van der Waals surface area contributed by atoms with Crippen molar-refractivity contribution in [2.75, 3.05) is 25.0 Å². The number of hydrogen-bond acceptors (Lipinski definition) is 9. The molecule has 12 heteroatoms. The molecule has 1 atom stereocenters. The predicted octanol–water partition coefficient (Wildman–Crippen LogP) is 2.77. The Morgan fingerprint density at radius 3 is 2.38 bits per heavy atom. The Hall–Kier alpha value is -3.38. The normalized spacial score (nSPS) is 20.9. The summed E-state index contributed by atoms with van der Waals surface area (Å²) in [6.07, 6.45) is 8.33. The maximum Gasteiger partial charge on any atom is 0.279 e. The second kappa shape index (κ2) is 12.0. The monoisotopic (exact) mass is 568 g/mol. The average Bonchev–Trinajstić information content (AvgIpc) is 3.67. The smallest absolute Gasteiger partial charge is 0.279 e. The van der Waals surface area contributed by atoms with Crippen LogP contribution in [0, 0.1) is 0 Å². The first-order valence-corrected chi connectivity index (χ1v) is 15.5. The van der Waals surface area contributed by atoms with E-state index in [0.717, 1.165) is 44.5 Å². The highest BCUT2D eigenvalue weighted by molar-refractivity contribution is 7.92. The molecule has 0 spiro atoms. The zero-order valence-electron chi connectivity index (χ0n) is 23.0. The van der Waals surface area contributed by atoms with Crippen molar-refractivity contribution < 1.29 is 22.8 Å². The second-order valence-corrected chi connectivity index (χ2v) is 13.1. The molecule has 214 valence electrons. The summed E-state index contributed by atoms with van der Waals surface area (Å²) in [6, 6.07) is 6.35. The van der Waals surface area contributed by atoms with Gasteiger partial charge >= 0.3 is 0 Å². The van der Waals surface area contributed by atoms with Gasteiger partial charge in [0.1, 0.15) is 6.10 Å². The molecule has 0 radical (unpaired) electrons. The molecule has 3 aliphatic rings. The summed E-state index contributed by atoms with van der Waals surface area (Å²) in [4.78, 5) is 43.9. The van der Waals surface area contributed by atoms with Gasteiger partial charge in [-0.1, -0.05) is 17.3 Å². The summed E-state index contributed by atoms with van der Waals surface area (Å²) >= 11 is 0. The van der Waals surface area contributed by atoms with E-state index in [1.54, 1.807) is 25.3 Å². The molecule has 1 saturated heterocycles. The zero-order valence-corrected chi connectivity index (χ0v) is 23.8. The number of amides is 2. The molecule has 5 rings (SSSR count). The quantitative estimate of drug-likeness (QED) is 0.361. The van der Waals surface area contributed by atoms with Crippen molar-refractivity contribution in [2.45, 2.75) is 81.2 Å². The number of nitrogens with zero attached hydrogens (tertiary/aromatic N) is 5. The van der Waals surface area contributed by atoms with Gasteiger partial charge in [-0.05, 0) is 57.6 Å². The fourth-order valence-electron chi connectivity index (χ4n) is 5.27. The number of sulfone groups is 1. The molecule has 0 unspecified atom stereocenters. The Balaban J connectivity index is 1.26. The Labute approximate surface area is 234 Å². The molecule has 1 aromatic carbocycles. The Kier molecular flexibility index (Phi) is 8.46. The van der Waals surface area contributed by atoms with E-state index >= 15 is 0 Å². The van der Waals surface area contributed by atoms with Crippen LogP contribution in [0.1, 0.15) is 63.6 Å². The van der Waals surface area contributed by atoms with Crippen molar-refractivity contribution in [1.29, 1.82) is 0 Å². The number of aromatic nitrogens is 2. The molecule has 2 saturated carbocycles. The summed E-state index contributed by atoms with van der Waals surface area (Å²) in [7, 11) is -3.34. The van der Waals surface area contributed by atoms with Crippen LogP contribution in [0.3, 0.4) is 0 Å².